The van der Waals surface area contributed by atoms with Gasteiger partial charge in [0.1, 0.15) is 17.9 Å². The van der Waals surface area contributed by atoms with Crippen LogP contribution in [-0.2, 0) is 16.6 Å². The number of aryl methyl sites for hydroxylation is 1. The lowest BCUT2D eigenvalue weighted by molar-refractivity contribution is -0.139. The summed E-state index contributed by atoms with van der Waals surface area (Å²) in [6.45, 7) is 2.37. The summed E-state index contributed by atoms with van der Waals surface area (Å²) in [5.41, 5.74) is 1.22. The second-order valence-corrected chi connectivity index (χ2v) is 8.06. The van der Waals surface area contributed by atoms with Gasteiger partial charge in [0, 0.05) is 38.1 Å². The summed E-state index contributed by atoms with van der Waals surface area (Å²) in [5, 5.41) is 5.25. The predicted octanol–water partition coefficient (Wildman–Crippen LogP) is 1.49. The van der Waals surface area contributed by atoms with Crippen LogP contribution in [0.25, 0.3) is 10.9 Å². The van der Waals surface area contributed by atoms with E-state index in [-0.39, 0.29) is 17.9 Å². The average molecular weight is 435 g/mol. The second-order valence-electron chi connectivity index (χ2n) is 8.06. The number of benzene rings is 1. The molecule has 2 saturated heterocycles. The van der Waals surface area contributed by atoms with Crippen molar-refractivity contribution in [2.24, 2.45) is 7.05 Å². The first-order valence-electron chi connectivity index (χ1n) is 10.8. The molecular weight excluding hydrogens is 410 g/mol. The molecule has 9 nitrogen and oxygen atoms in total. The van der Waals surface area contributed by atoms with E-state index in [1.807, 2.05) is 37.4 Å². The maximum Gasteiger partial charge on any atom is 0.275 e. The van der Waals surface area contributed by atoms with Gasteiger partial charge >= 0.3 is 0 Å². The molecule has 5 rings (SSSR count). The summed E-state index contributed by atoms with van der Waals surface area (Å²) < 4.78 is 13.2. The van der Waals surface area contributed by atoms with E-state index >= 15 is 0 Å². The molecule has 0 radical (unpaired) electrons. The molecule has 1 aromatic carbocycles. The van der Waals surface area contributed by atoms with Crippen LogP contribution in [0.4, 0.5) is 0 Å². The second kappa shape index (κ2) is 8.58. The van der Waals surface area contributed by atoms with Crippen molar-refractivity contribution in [2.75, 3.05) is 32.8 Å². The third-order valence-corrected chi connectivity index (χ3v) is 6.03. The summed E-state index contributed by atoms with van der Waals surface area (Å²) in [6, 6.07) is 10.6. The standard InChI is InChI=1S/C23H25N5O4/c1-26-19-7-3-2-6-18(19)21(25-26)23(30)28-15-17(32-16-5-4-8-24-14-16)13-20(28)22(29)27-9-11-31-12-10-27/h2-8,14,17,20H,9-13,15H2,1H3/t17-,20-/m0/s1. The van der Waals surface area contributed by atoms with Crippen molar-refractivity contribution >= 4 is 22.7 Å². The number of morpholine rings is 1. The van der Waals surface area contributed by atoms with E-state index in [4.69, 9.17) is 9.47 Å². The van der Waals surface area contributed by atoms with Crippen LogP contribution in [0.15, 0.2) is 48.8 Å². The molecule has 2 amide bonds. The Morgan fingerprint density at radius 2 is 1.94 bits per heavy atom. The number of pyridine rings is 1. The molecule has 0 saturated carbocycles. The molecule has 2 atom stereocenters. The van der Waals surface area contributed by atoms with E-state index in [0.717, 1.165) is 10.9 Å². The molecule has 166 valence electrons. The van der Waals surface area contributed by atoms with E-state index < -0.39 is 6.04 Å². The van der Waals surface area contributed by atoms with Crippen LogP contribution in [0.3, 0.4) is 0 Å². The van der Waals surface area contributed by atoms with Gasteiger partial charge in [-0.1, -0.05) is 18.2 Å². The maximum absolute atomic E-state index is 13.7. The molecule has 0 N–H and O–H groups in total. The first-order chi connectivity index (χ1) is 15.6. The van der Waals surface area contributed by atoms with E-state index in [2.05, 4.69) is 10.1 Å². The lowest BCUT2D eigenvalue weighted by atomic mass is 10.1. The van der Waals surface area contributed by atoms with Gasteiger partial charge in [0.05, 0.1) is 31.5 Å². The van der Waals surface area contributed by atoms with Crippen LogP contribution in [0.2, 0.25) is 0 Å². The number of amides is 2. The Hall–Kier alpha value is -3.46. The summed E-state index contributed by atoms with van der Waals surface area (Å²) >= 11 is 0. The SMILES string of the molecule is Cn1nc(C(=O)N2C[C@@H](Oc3cccnc3)C[C@H]2C(=O)N2CCOCC2)c2ccccc21. The molecule has 0 unspecified atom stereocenters. The van der Waals surface area contributed by atoms with Crippen molar-refractivity contribution in [1.29, 1.82) is 0 Å². The minimum absolute atomic E-state index is 0.0702. The van der Waals surface area contributed by atoms with E-state index in [9.17, 15) is 9.59 Å². The van der Waals surface area contributed by atoms with E-state index in [1.165, 1.54) is 0 Å². The molecule has 0 spiro atoms. The minimum atomic E-state index is -0.608. The fourth-order valence-corrected chi connectivity index (χ4v) is 4.45. The molecular formula is C23H25N5O4. The zero-order chi connectivity index (χ0) is 22.1. The normalized spacial score (nSPS) is 21.2. The van der Waals surface area contributed by atoms with Crippen LogP contribution in [0, 0.1) is 0 Å². The highest BCUT2D eigenvalue weighted by Gasteiger charge is 2.43. The zero-order valence-corrected chi connectivity index (χ0v) is 17.9. The fourth-order valence-electron chi connectivity index (χ4n) is 4.45. The minimum Gasteiger partial charge on any atom is -0.487 e. The molecule has 32 heavy (non-hydrogen) atoms. The average Bonchev–Trinajstić information content (AvgIpc) is 3.41. The maximum atomic E-state index is 13.7. The van der Waals surface area contributed by atoms with Crippen molar-refractivity contribution in [1.82, 2.24) is 24.6 Å². The van der Waals surface area contributed by atoms with Gasteiger partial charge in [-0.2, -0.15) is 5.10 Å². The van der Waals surface area contributed by atoms with E-state index in [1.54, 1.807) is 32.9 Å². The van der Waals surface area contributed by atoms with Crippen LogP contribution < -0.4 is 4.74 Å². The third-order valence-electron chi connectivity index (χ3n) is 6.03. The zero-order valence-electron chi connectivity index (χ0n) is 17.9. The van der Waals surface area contributed by atoms with Crippen LogP contribution in [-0.4, -0.2) is 81.4 Å². The Kier molecular flexibility index (Phi) is 5.48. The first-order valence-corrected chi connectivity index (χ1v) is 10.8. The lowest BCUT2D eigenvalue weighted by Crippen LogP contribution is -2.51. The number of hydrogen-bond acceptors (Lipinski definition) is 6. The quantitative estimate of drug-likeness (QED) is 0.617. The van der Waals surface area contributed by atoms with Crippen LogP contribution in [0.5, 0.6) is 5.75 Å². The van der Waals surface area contributed by atoms with E-state index in [0.29, 0.717) is 50.7 Å². The Labute approximate surface area is 185 Å². The highest BCUT2D eigenvalue weighted by Crippen LogP contribution is 2.28. The van der Waals surface area contributed by atoms with Crippen molar-refractivity contribution < 1.29 is 19.1 Å². The number of hydrogen-bond donors (Lipinski definition) is 0. The Bertz CT molecular complexity index is 1130. The number of carbonyl (C=O) groups is 2. The molecule has 2 fully saturated rings. The number of likely N-dealkylation sites (tertiary alicyclic amines) is 1. The van der Waals surface area contributed by atoms with Crippen molar-refractivity contribution in [3.05, 3.63) is 54.5 Å². The summed E-state index contributed by atoms with van der Waals surface area (Å²) in [7, 11) is 1.81. The first kappa shape index (κ1) is 20.4. The number of aromatic nitrogens is 3. The Morgan fingerprint density at radius 1 is 1.12 bits per heavy atom. The van der Waals surface area contributed by atoms with Crippen molar-refractivity contribution in [3.63, 3.8) is 0 Å². The molecule has 0 bridgehead atoms. The third kappa shape index (κ3) is 3.80. The number of nitrogens with zero attached hydrogens (tertiary/aromatic N) is 5. The highest BCUT2D eigenvalue weighted by molar-refractivity contribution is 6.06. The molecule has 2 aliphatic rings. The largest absolute Gasteiger partial charge is 0.487 e. The monoisotopic (exact) mass is 435 g/mol. The highest BCUT2D eigenvalue weighted by atomic mass is 16.5. The van der Waals surface area contributed by atoms with Gasteiger partial charge < -0.3 is 19.3 Å². The van der Waals surface area contributed by atoms with Gasteiger partial charge in [-0.25, -0.2) is 0 Å². The van der Waals surface area contributed by atoms with Gasteiger partial charge in [-0.05, 0) is 18.2 Å². The number of carbonyl (C=O) groups excluding carboxylic acids is 2. The van der Waals surface area contributed by atoms with Gasteiger partial charge in [0.15, 0.2) is 5.69 Å². The summed E-state index contributed by atoms with van der Waals surface area (Å²) in [6.07, 6.45) is 3.42. The number of ether oxygens (including phenoxy) is 2. The van der Waals surface area contributed by atoms with Gasteiger partial charge in [-0.15, -0.1) is 0 Å². The molecule has 2 aliphatic heterocycles. The van der Waals surface area contributed by atoms with Gasteiger partial charge in [0.25, 0.3) is 5.91 Å². The molecule has 2 aromatic heterocycles. The Morgan fingerprint density at radius 3 is 2.72 bits per heavy atom. The molecule has 0 aliphatic carbocycles. The van der Waals surface area contributed by atoms with Gasteiger partial charge in [0.2, 0.25) is 5.91 Å². The van der Waals surface area contributed by atoms with Crippen LogP contribution >= 0.6 is 0 Å². The van der Waals surface area contributed by atoms with Crippen molar-refractivity contribution in [2.45, 2.75) is 18.6 Å². The van der Waals surface area contributed by atoms with Crippen LogP contribution in [0.1, 0.15) is 16.9 Å². The summed E-state index contributed by atoms with van der Waals surface area (Å²) in [4.78, 5) is 34.5. The molecule has 3 aromatic rings. The smallest absolute Gasteiger partial charge is 0.275 e. The molecule has 4 heterocycles. The topological polar surface area (TPSA) is 89.8 Å². The predicted molar refractivity (Wildman–Crippen MR) is 116 cm³/mol. The molecule has 9 heteroatoms. The number of para-hydroxylation sites is 1. The lowest BCUT2D eigenvalue weighted by Gasteiger charge is -2.32. The number of fused-ring (bicyclic) bond motifs is 1. The fraction of sp³-hybridized carbons (Fsp3) is 0.391. The van der Waals surface area contributed by atoms with Crippen molar-refractivity contribution in [3.8, 4) is 5.75 Å². The summed E-state index contributed by atoms with van der Waals surface area (Å²) in [5.74, 6) is 0.289. The van der Waals surface area contributed by atoms with Gasteiger partial charge in [-0.3, -0.25) is 19.3 Å². The number of rotatable bonds is 4. The Balaban J connectivity index is 1.44.